The molecule has 1 unspecified atom stereocenters. The molecule has 1 N–H and O–H groups in total. The summed E-state index contributed by atoms with van der Waals surface area (Å²) in [6.45, 7) is 2.71. The van der Waals surface area contributed by atoms with Crippen LogP contribution < -0.4 is 15.6 Å². The Morgan fingerprint density at radius 3 is 2.58 bits per heavy atom. The van der Waals surface area contributed by atoms with Crippen molar-refractivity contribution in [3.05, 3.63) is 81.6 Å². The zero-order chi connectivity index (χ0) is 21.8. The smallest absolute Gasteiger partial charge is 0.279 e. The molecule has 1 amide bonds. The number of carbonyl (C=O) groups excluding carboxylic acids is 1. The monoisotopic (exact) mass is 435 g/mol. The number of ether oxygens (including phenoxy) is 1. The molecule has 2 aromatic carbocycles. The zero-order valence-electron chi connectivity index (χ0n) is 17.6. The fourth-order valence-corrected chi connectivity index (χ4v) is 4.61. The third-order valence-corrected chi connectivity index (χ3v) is 6.37. The van der Waals surface area contributed by atoms with Crippen molar-refractivity contribution in [1.82, 2.24) is 9.55 Å². The molecule has 31 heavy (non-hydrogen) atoms. The van der Waals surface area contributed by atoms with Crippen LogP contribution in [0, 0.1) is 0 Å². The highest BCUT2D eigenvalue weighted by molar-refractivity contribution is 7.98. The maximum absolute atomic E-state index is 13.0. The number of benzene rings is 2. The van der Waals surface area contributed by atoms with Crippen molar-refractivity contribution in [2.45, 2.75) is 36.6 Å². The number of fused-ring (bicyclic) bond motifs is 1. The molecular formula is C24H25N3O3S. The second-order valence-corrected chi connectivity index (χ2v) is 8.46. The summed E-state index contributed by atoms with van der Waals surface area (Å²) in [6, 6.07) is 17.6. The lowest BCUT2D eigenvalue weighted by molar-refractivity contribution is -0.116. The van der Waals surface area contributed by atoms with Crippen LogP contribution in [-0.4, -0.2) is 22.1 Å². The number of nitrogens with one attached hydrogen (secondary N) is 1. The second-order valence-electron chi connectivity index (χ2n) is 7.52. The number of aromatic nitrogens is 2. The van der Waals surface area contributed by atoms with Gasteiger partial charge in [0.15, 0.2) is 5.16 Å². The van der Waals surface area contributed by atoms with Gasteiger partial charge in [-0.1, -0.05) is 61.2 Å². The topological polar surface area (TPSA) is 73.2 Å². The number of thioether (sulfide) groups is 1. The Morgan fingerprint density at radius 2 is 1.87 bits per heavy atom. The van der Waals surface area contributed by atoms with E-state index in [1.165, 1.54) is 11.8 Å². The number of anilines is 1. The molecule has 0 saturated carbocycles. The molecule has 0 saturated heterocycles. The average Bonchev–Trinajstić information content (AvgIpc) is 2.79. The summed E-state index contributed by atoms with van der Waals surface area (Å²) in [5, 5.41) is 3.47. The Bertz CT molecular complexity index is 1130. The summed E-state index contributed by atoms with van der Waals surface area (Å²) < 4.78 is 7.46. The van der Waals surface area contributed by atoms with E-state index in [0.717, 1.165) is 23.3 Å². The highest BCUT2D eigenvalue weighted by Crippen LogP contribution is 2.36. The average molecular weight is 436 g/mol. The van der Waals surface area contributed by atoms with E-state index in [9.17, 15) is 9.59 Å². The molecule has 4 rings (SSSR count). The van der Waals surface area contributed by atoms with Gasteiger partial charge >= 0.3 is 0 Å². The molecule has 7 heteroatoms. The van der Waals surface area contributed by atoms with Crippen molar-refractivity contribution in [2.75, 3.05) is 11.9 Å². The van der Waals surface area contributed by atoms with E-state index in [2.05, 4.69) is 17.2 Å². The minimum Gasteiger partial charge on any atom is -0.494 e. The maximum Gasteiger partial charge on any atom is 0.279 e. The van der Waals surface area contributed by atoms with Crippen LogP contribution in [0.3, 0.4) is 0 Å². The number of rotatable bonds is 7. The summed E-state index contributed by atoms with van der Waals surface area (Å²) in [4.78, 5) is 29.9. The Kier molecular flexibility index (Phi) is 6.42. The van der Waals surface area contributed by atoms with Crippen molar-refractivity contribution in [3.8, 4) is 5.75 Å². The number of nitrogens with zero attached hydrogens (tertiary/aromatic N) is 2. The van der Waals surface area contributed by atoms with Crippen LogP contribution in [0.1, 0.15) is 42.4 Å². The molecule has 0 bridgehead atoms. The standard InChI is InChI=1S/C24H25N3O3S/c1-3-13-30-18-11-9-17(10-12-18)19-14-20(28)25-22-21(19)23(29)26-24(27(22)2)31-15-16-7-5-4-6-8-16/h4-12,19H,3,13-15H2,1-2H3,(H,25,28). The highest BCUT2D eigenvalue weighted by Gasteiger charge is 2.32. The summed E-state index contributed by atoms with van der Waals surface area (Å²) in [5.41, 5.74) is 2.30. The van der Waals surface area contributed by atoms with E-state index in [-0.39, 0.29) is 23.8 Å². The first-order valence-electron chi connectivity index (χ1n) is 10.4. The van der Waals surface area contributed by atoms with Crippen LogP contribution >= 0.6 is 11.8 Å². The summed E-state index contributed by atoms with van der Waals surface area (Å²) in [5.74, 6) is 1.57. The fraction of sp³-hybridized carbons (Fsp3) is 0.292. The molecule has 0 fully saturated rings. The summed E-state index contributed by atoms with van der Waals surface area (Å²) >= 11 is 1.48. The molecule has 1 aliphatic heterocycles. The largest absolute Gasteiger partial charge is 0.494 e. The van der Waals surface area contributed by atoms with Gasteiger partial charge in [-0.2, -0.15) is 4.98 Å². The number of hydrogen-bond acceptors (Lipinski definition) is 5. The SMILES string of the molecule is CCCOc1ccc(C2CC(=O)Nc3c2c(=O)nc(SCc2ccccc2)n3C)cc1. The van der Waals surface area contributed by atoms with Gasteiger partial charge in [0.1, 0.15) is 11.6 Å². The predicted molar refractivity (Wildman–Crippen MR) is 123 cm³/mol. The van der Waals surface area contributed by atoms with Crippen LogP contribution in [0.4, 0.5) is 5.82 Å². The minimum atomic E-state index is -0.330. The normalized spacial score (nSPS) is 15.3. The molecule has 1 aromatic heterocycles. The van der Waals surface area contributed by atoms with E-state index in [4.69, 9.17) is 4.74 Å². The maximum atomic E-state index is 13.0. The predicted octanol–water partition coefficient (Wildman–Crippen LogP) is 4.34. The molecule has 6 nitrogen and oxygen atoms in total. The fourth-order valence-electron chi connectivity index (χ4n) is 3.69. The van der Waals surface area contributed by atoms with Gasteiger partial charge in [-0.05, 0) is 29.7 Å². The number of carbonyl (C=O) groups is 1. The quantitative estimate of drug-likeness (QED) is 0.442. The molecular weight excluding hydrogens is 410 g/mol. The van der Waals surface area contributed by atoms with Gasteiger partial charge in [-0.25, -0.2) is 0 Å². The Morgan fingerprint density at radius 1 is 1.13 bits per heavy atom. The van der Waals surface area contributed by atoms with Crippen LogP contribution in [0.2, 0.25) is 0 Å². The lowest BCUT2D eigenvalue weighted by Crippen LogP contribution is -2.33. The van der Waals surface area contributed by atoms with Crippen LogP contribution in [0.25, 0.3) is 0 Å². The van der Waals surface area contributed by atoms with Crippen LogP contribution in [-0.2, 0) is 17.6 Å². The first-order valence-corrected chi connectivity index (χ1v) is 11.4. The molecule has 0 radical (unpaired) electrons. The van der Waals surface area contributed by atoms with Gasteiger partial charge < -0.3 is 14.6 Å². The Balaban J connectivity index is 1.65. The molecule has 2 heterocycles. The number of hydrogen-bond donors (Lipinski definition) is 1. The summed E-state index contributed by atoms with van der Waals surface area (Å²) in [6.07, 6.45) is 1.15. The second kappa shape index (κ2) is 9.39. The van der Waals surface area contributed by atoms with Gasteiger partial charge in [0, 0.05) is 25.1 Å². The third-order valence-electron chi connectivity index (χ3n) is 5.27. The minimum absolute atomic E-state index is 0.107. The Hall–Kier alpha value is -3.06. The first-order chi connectivity index (χ1) is 15.1. The van der Waals surface area contributed by atoms with Gasteiger partial charge in [-0.15, -0.1) is 0 Å². The van der Waals surface area contributed by atoms with Gasteiger partial charge in [-0.3, -0.25) is 9.59 Å². The third kappa shape index (κ3) is 4.66. The van der Waals surface area contributed by atoms with Crippen molar-refractivity contribution in [3.63, 3.8) is 0 Å². The van der Waals surface area contributed by atoms with E-state index in [0.29, 0.717) is 28.9 Å². The zero-order valence-corrected chi connectivity index (χ0v) is 18.4. The van der Waals surface area contributed by atoms with Gasteiger partial charge in [0.25, 0.3) is 5.56 Å². The van der Waals surface area contributed by atoms with E-state index in [1.807, 2.05) is 66.2 Å². The molecule has 1 aliphatic rings. The number of amides is 1. The van der Waals surface area contributed by atoms with Crippen molar-refractivity contribution in [2.24, 2.45) is 7.05 Å². The van der Waals surface area contributed by atoms with Crippen molar-refractivity contribution in [1.29, 1.82) is 0 Å². The lowest BCUT2D eigenvalue weighted by Gasteiger charge is -2.27. The molecule has 1 atom stereocenters. The van der Waals surface area contributed by atoms with Crippen molar-refractivity contribution >= 4 is 23.5 Å². The van der Waals surface area contributed by atoms with Crippen LogP contribution in [0.5, 0.6) is 5.75 Å². The summed E-state index contributed by atoms with van der Waals surface area (Å²) in [7, 11) is 1.84. The lowest BCUT2D eigenvalue weighted by atomic mass is 9.87. The van der Waals surface area contributed by atoms with E-state index in [1.54, 1.807) is 0 Å². The first kappa shape index (κ1) is 21.2. The van der Waals surface area contributed by atoms with E-state index >= 15 is 0 Å². The van der Waals surface area contributed by atoms with Crippen molar-refractivity contribution < 1.29 is 9.53 Å². The van der Waals surface area contributed by atoms with Gasteiger partial charge in [0.2, 0.25) is 5.91 Å². The van der Waals surface area contributed by atoms with Crippen LogP contribution in [0.15, 0.2) is 64.5 Å². The highest BCUT2D eigenvalue weighted by atomic mass is 32.2. The molecule has 160 valence electrons. The van der Waals surface area contributed by atoms with E-state index < -0.39 is 0 Å². The molecule has 0 spiro atoms. The van der Waals surface area contributed by atoms with Gasteiger partial charge in [0.05, 0.1) is 12.2 Å². The molecule has 0 aliphatic carbocycles. The Labute approximate surface area is 185 Å². The molecule has 3 aromatic rings.